The molecule has 0 aromatic carbocycles. The van der Waals surface area contributed by atoms with Gasteiger partial charge in [-0.2, -0.15) is 0 Å². The average molecular weight is 350 g/mol. The molecular formula is C18H22O5S. The molecule has 0 bridgehead atoms. The molecule has 24 heavy (non-hydrogen) atoms. The summed E-state index contributed by atoms with van der Waals surface area (Å²) >= 11 is 5.05. The van der Waals surface area contributed by atoms with Gasteiger partial charge in [0, 0.05) is 11.3 Å². The molecule has 2 rings (SSSR count). The van der Waals surface area contributed by atoms with Crippen molar-refractivity contribution in [3.05, 3.63) is 35.6 Å². The van der Waals surface area contributed by atoms with Gasteiger partial charge in [0.25, 0.3) is 0 Å². The minimum absolute atomic E-state index is 0.0544. The van der Waals surface area contributed by atoms with Gasteiger partial charge in [0.2, 0.25) is 0 Å². The number of carboxylic acids is 1. The maximum Gasteiger partial charge on any atom is 0.319 e. The first-order valence-electron chi connectivity index (χ1n) is 8.18. The van der Waals surface area contributed by atoms with Gasteiger partial charge >= 0.3 is 5.97 Å². The van der Waals surface area contributed by atoms with Gasteiger partial charge in [0.15, 0.2) is 5.78 Å². The number of unbranched alkanes of at least 4 members (excludes halogenated alkanes) is 3. The highest BCUT2D eigenvalue weighted by Crippen LogP contribution is 2.22. The van der Waals surface area contributed by atoms with Gasteiger partial charge in [-0.25, -0.2) is 0 Å². The van der Waals surface area contributed by atoms with E-state index in [1.165, 1.54) is 0 Å². The van der Waals surface area contributed by atoms with Gasteiger partial charge in [-0.05, 0) is 43.1 Å². The maximum absolute atomic E-state index is 11.5. The molecule has 0 aliphatic heterocycles. The number of allylic oxidation sites excluding steroid dienone is 4. The third kappa shape index (κ3) is 5.11. The van der Waals surface area contributed by atoms with E-state index in [1.54, 1.807) is 24.3 Å². The first-order chi connectivity index (χ1) is 11.5. The Morgan fingerprint density at radius 3 is 2.71 bits per heavy atom. The first-order valence-corrected chi connectivity index (χ1v) is 8.59. The summed E-state index contributed by atoms with van der Waals surface area (Å²) in [5, 5.41) is 18.6. The minimum Gasteiger partial charge on any atom is -0.497 e. The zero-order valence-electron chi connectivity index (χ0n) is 13.4. The fourth-order valence-electron chi connectivity index (χ4n) is 2.83. The molecule has 0 fully saturated rings. The molecule has 0 aromatic heterocycles. The van der Waals surface area contributed by atoms with E-state index in [0.717, 1.165) is 31.3 Å². The van der Waals surface area contributed by atoms with Gasteiger partial charge in [-0.15, -0.1) is 0 Å². The second kappa shape index (κ2) is 8.89. The van der Waals surface area contributed by atoms with Crippen LogP contribution in [0.1, 0.15) is 38.5 Å². The number of hydrogen-bond acceptors (Lipinski definition) is 5. The van der Waals surface area contributed by atoms with Crippen LogP contribution in [0.2, 0.25) is 0 Å². The van der Waals surface area contributed by atoms with Crippen molar-refractivity contribution in [2.45, 2.75) is 44.6 Å². The number of ether oxygens (including phenoxy) is 1. The SMILES string of the molecule is O=C1CC(O)C=C1CCCCCCOC1=CC=CC(=S)C1C(=O)O. The van der Waals surface area contributed by atoms with Crippen molar-refractivity contribution in [2.75, 3.05) is 6.61 Å². The number of thiocarbonyl (C=S) groups is 1. The van der Waals surface area contributed by atoms with E-state index < -0.39 is 18.0 Å². The molecule has 130 valence electrons. The Kier molecular flexibility index (Phi) is 6.87. The number of carbonyl (C=O) groups excluding carboxylic acids is 1. The molecule has 0 amide bonds. The van der Waals surface area contributed by atoms with E-state index in [-0.39, 0.29) is 12.2 Å². The summed E-state index contributed by atoms with van der Waals surface area (Å²) in [4.78, 5) is 23.1. The van der Waals surface area contributed by atoms with Crippen LogP contribution in [-0.4, -0.2) is 39.5 Å². The number of aliphatic carboxylic acids is 1. The molecule has 2 aliphatic rings. The Hall–Kier alpha value is -1.79. The van der Waals surface area contributed by atoms with Crippen LogP contribution in [0, 0.1) is 5.92 Å². The molecule has 0 saturated carbocycles. The van der Waals surface area contributed by atoms with Crippen LogP contribution in [-0.2, 0) is 14.3 Å². The molecule has 5 nitrogen and oxygen atoms in total. The molecule has 6 heteroatoms. The van der Waals surface area contributed by atoms with Crippen LogP contribution in [0.3, 0.4) is 0 Å². The monoisotopic (exact) mass is 350 g/mol. The zero-order valence-corrected chi connectivity index (χ0v) is 14.3. The quantitative estimate of drug-likeness (QED) is 0.491. The lowest BCUT2D eigenvalue weighted by Gasteiger charge is -2.19. The van der Waals surface area contributed by atoms with Crippen molar-refractivity contribution in [2.24, 2.45) is 5.92 Å². The third-order valence-electron chi connectivity index (χ3n) is 4.09. The fraction of sp³-hybridized carbons (Fsp3) is 0.500. The van der Waals surface area contributed by atoms with Crippen LogP contribution in [0.25, 0.3) is 0 Å². The van der Waals surface area contributed by atoms with Gasteiger partial charge in [0.1, 0.15) is 11.7 Å². The standard InChI is InChI=1S/C18H22O5S/c19-13-10-12(14(20)11-13)6-3-1-2-4-9-23-15-7-5-8-16(24)17(15)18(21)22/h5,7-8,10,13,17,19H,1-4,6,9,11H2,(H,21,22). The zero-order chi connectivity index (χ0) is 17.5. The van der Waals surface area contributed by atoms with Crippen molar-refractivity contribution >= 4 is 28.8 Å². The summed E-state index contributed by atoms with van der Waals surface area (Å²) < 4.78 is 5.58. The molecule has 2 unspecified atom stereocenters. The molecule has 2 N–H and O–H groups in total. The molecule has 0 heterocycles. The Morgan fingerprint density at radius 2 is 2.04 bits per heavy atom. The number of carbonyl (C=O) groups is 2. The molecule has 0 aromatic rings. The normalized spacial score (nSPS) is 23.2. The number of aliphatic hydroxyl groups excluding tert-OH is 1. The largest absolute Gasteiger partial charge is 0.497 e. The molecule has 0 radical (unpaired) electrons. The summed E-state index contributed by atoms with van der Waals surface area (Å²) in [5.74, 6) is -1.41. The van der Waals surface area contributed by atoms with Gasteiger partial charge in [-0.1, -0.05) is 31.1 Å². The second-order valence-corrected chi connectivity index (χ2v) is 6.47. The average Bonchev–Trinajstić information content (AvgIpc) is 2.83. The molecule has 0 spiro atoms. The molecule has 2 aliphatic carbocycles. The Bertz CT molecular complexity index is 603. The van der Waals surface area contributed by atoms with E-state index in [2.05, 4.69) is 0 Å². The van der Waals surface area contributed by atoms with E-state index in [9.17, 15) is 19.8 Å². The molecule has 2 atom stereocenters. The lowest BCUT2D eigenvalue weighted by Crippen LogP contribution is -2.26. The van der Waals surface area contributed by atoms with E-state index in [1.807, 2.05) is 0 Å². The summed E-state index contributed by atoms with van der Waals surface area (Å²) in [6.07, 6.45) is 10.6. The van der Waals surface area contributed by atoms with Crippen molar-refractivity contribution in [3.63, 3.8) is 0 Å². The summed E-state index contributed by atoms with van der Waals surface area (Å²) in [7, 11) is 0. The van der Waals surface area contributed by atoms with Crippen LogP contribution < -0.4 is 0 Å². The first kappa shape index (κ1) is 18.5. The Balaban J connectivity index is 1.61. The maximum atomic E-state index is 11.5. The van der Waals surface area contributed by atoms with E-state index in [0.29, 0.717) is 23.7 Å². The minimum atomic E-state index is -0.993. The van der Waals surface area contributed by atoms with Crippen LogP contribution in [0.15, 0.2) is 35.6 Å². The lowest BCUT2D eigenvalue weighted by molar-refractivity contribution is -0.139. The lowest BCUT2D eigenvalue weighted by atomic mass is 9.98. The molecular weight excluding hydrogens is 328 g/mol. The number of hydrogen-bond donors (Lipinski definition) is 2. The molecule has 0 saturated heterocycles. The highest BCUT2D eigenvalue weighted by molar-refractivity contribution is 7.80. The van der Waals surface area contributed by atoms with Gasteiger partial charge in [0.05, 0.1) is 12.7 Å². The van der Waals surface area contributed by atoms with E-state index >= 15 is 0 Å². The Labute approximate surface area is 146 Å². The number of rotatable bonds is 9. The fourth-order valence-corrected chi connectivity index (χ4v) is 3.13. The van der Waals surface area contributed by atoms with Crippen molar-refractivity contribution < 1.29 is 24.5 Å². The highest BCUT2D eigenvalue weighted by atomic mass is 32.1. The van der Waals surface area contributed by atoms with Crippen molar-refractivity contribution in [1.29, 1.82) is 0 Å². The predicted molar refractivity (Wildman–Crippen MR) is 93.7 cm³/mol. The Morgan fingerprint density at radius 1 is 1.29 bits per heavy atom. The van der Waals surface area contributed by atoms with E-state index in [4.69, 9.17) is 17.0 Å². The van der Waals surface area contributed by atoms with Gasteiger partial charge < -0.3 is 14.9 Å². The topological polar surface area (TPSA) is 83.8 Å². The van der Waals surface area contributed by atoms with Crippen LogP contribution in [0.5, 0.6) is 0 Å². The smallest absolute Gasteiger partial charge is 0.319 e. The predicted octanol–water partition coefficient (Wildman–Crippen LogP) is 2.74. The summed E-state index contributed by atoms with van der Waals surface area (Å²) in [6.45, 7) is 0.451. The number of carboxylic acid groups (broad SMARTS) is 1. The van der Waals surface area contributed by atoms with Crippen molar-refractivity contribution in [3.8, 4) is 0 Å². The van der Waals surface area contributed by atoms with Crippen LogP contribution >= 0.6 is 12.2 Å². The number of aliphatic hydroxyl groups is 1. The third-order valence-corrected chi connectivity index (χ3v) is 4.46. The number of ketones is 1. The summed E-state index contributed by atoms with van der Waals surface area (Å²) in [6, 6.07) is 0. The van der Waals surface area contributed by atoms with Gasteiger partial charge in [-0.3, -0.25) is 9.59 Å². The van der Waals surface area contributed by atoms with Crippen molar-refractivity contribution in [1.82, 2.24) is 0 Å². The number of Topliss-reactive ketones (excluding diaryl/α,β-unsaturated/α-hetero) is 1. The summed E-state index contributed by atoms with van der Waals surface area (Å²) in [5.41, 5.74) is 0.746. The second-order valence-electron chi connectivity index (χ2n) is 6.00. The van der Waals surface area contributed by atoms with Crippen LogP contribution in [0.4, 0.5) is 0 Å². The highest BCUT2D eigenvalue weighted by Gasteiger charge is 2.28.